The van der Waals surface area contributed by atoms with Crippen molar-refractivity contribution in [1.82, 2.24) is 0 Å². The third-order valence-corrected chi connectivity index (χ3v) is 3.55. The normalized spacial score (nSPS) is 12.3. The van der Waals surface area contributed by atoms with E-state index in [4.69, 9.17) is 21.1 Å². The van der Waals surface area contributed by atoms with E-state index in [0.29, 0.717) is 6.07 Å². The first-order valence-corrected chi connectivity index (χ1v) is 7.57. The highest BCUT2D eigenvalue weighted by Gasteiger charge is 2.31. The van der Waals surface area contributed by atoms with Gasteiger partial charge in [0.15, 0.2) is 0 Å². The second kappa shape index (κ2) is 7.70. The van der Waals surface area contributed by atoms with Gasteiger partial charge in [-0.3, -0.25) is 10.1 Å². The summed E-state index contributed by atoms with van der Waals surface area (Å²) in [6, 6.07) is 5.57. The van der Waals surface area contributed by atoms with E-state index in [1.54, 1.807) is 0 Å². The predicted octanol–water partition coefficient (Wildman–Crippen LogP) is 3.58. The molecule has 0 spiro atoms. The van der Waals surface area contributed by atoms with Gasteiger partial charge in [0.2, 0.25) is 5.75 Å². The van der Waals surface area contributed by atoms with Gasteiger partial charge in [-0.2, -0.15) is 13.2 Å². The number of benzene rings is 2. The molecule has 2 aromatic carbocycles. The van der Waals surface area contributed by atoms with Crippen molar-refractivity contribution in [2.75, 3.05) is 0 Å². The summed E-state index contributed by atoms with van der Waals surface area (Å²) in [4.78, 5) is 21.0. The fourth-order valence-corrected chi connectivity index (χ4v) is 2.15. The summed E-state index contributed by atoms with van der Waals surface area (Å²) in [6.07, 6.45) is -6.08. The number of ether oxygens (including phenoxy) is 2. The standard InChI is InChI=1S/C16H11ClF3NO6/c1-8(15(22)23)26-14-7-10(3-4-12(14)21(24)25)27-13-5-2-9(6-11(13)17)16(18,19)20/h2-8H,1H3,(H,22,23)/p-1/t8-/m0/s1. The molecule has 11 heteroatoms. The smallest absolute Gasteiger partial charge is 0.416 e. The third-order valence-electron chi connectivity index (χ3n) is 3.25. The molecule has 0 saturated heterocycles. The third kappa shape index (κ3) is 5.00. The van der Waals surface area contributed by atoms with Crippen molar-refractivity contribution in [2.45, 2.75) is 19.2 Å². The highest BCUT2D eigenvalue weighted by molar-refractivity contribution is 6.32. The minimum Gasteiger partial charge on any atom is -0.546 e. The summed E-state index contributed by atoms with van der Waals surface area (Å²) in [7, 11) is 0. The molecule has 1 atom stereocenters. The van der Waals surface area contributed by atoms with Crippen LogP contribution >= 0.6 is 11.6 Å². The number of aliphatic carboxylic acids is 1. The Labute approximate surface area is 155 Å². The Balaban J connectivity index is 2.34. The van der Waals surface area contributed by atoms with Crippen LogP contribution in [0, 0.1) is 10.1 Å². The molecule has 0 unspecified atom stereocenters. The fourth-order valence-electron chi connectivity index (χ4n) is 1.93. The molecule has 0 fully saturated rings. The van der Waals surface area contributed by atoms with Crippen LogP contribution < -0.4 is 14.6 Å². The van der Waals surface area contributed by atoms with Gasteiger partial charge in [-0.1, -0.05) is 11.6 Å². The Morgan fingerprint density at radius 1 is 1.19 bits per heavy atom. The average molecular weight is 405 g/mol. The number of nitro groups is 1. The molecular formula is C16H10ClF3NO6-. The number of halogens is 4. The Morgan fingerprint density at radius 2 is 1.85 bits per heavy atom. The lowest BCUT2D eigenvalue weighted by Crippen LogP contribution is -2.37. The molecule has 0 bridgehead atoms. The maximum atomic E-state index is 12.7. The molecule has 27 heavy (non-hydrogen) atoms. The number of hydrogen-bond acceptors (Lipinski definition) is 6. The zero-order valence-corrected chi connectivity index (χ0v) is 14.2. The molecule has 144 valence electrons. The Bertz CT molecular complexity index is 887. The van der Waals surface area contributed by atoms with E-state index in [2.05, 4.69) is 0 Å². The first kappa shape index (κ1) is 20.3. The molecule has 0 aliphatic heterocycles. The van der Waals surface area contributed by atoms with Crippen LogP contribution in [0.15, 0.2) is 36.4 Å². The highest BCUT2D eigenvalue weighted by atomic mass is 35.5. The van der Waals surface area contributed by atoms with Gasteiger partial charge in [0.05, 0.1) is 21.5 Å². The van der Waals surface area contributed by atoms with Crippen molar-refractivity contribution >= 4 is 23.3 Å². The zero-order valence-electron chi connectivity index (χ0n) is 13.5. The van der Waals surface area contributed by atoms with E-state index >= 15 is 0 Å². The summed E-state index contributed by atoms with van der Waals surface area (Å²) in [5, 5.41) is 21.5. The number of carbonyl (C=O) groups is 1. The Morgan fingerprint density at radius 3 is 2.37 bits per heavy atom. The number of hydrogen-bond donors (Lipinski definition) is 0. The van der Waals surface area contributed by atoms with Crippen LogP contribution in [0.4, 0.5) is 18.9 Å². The number of carboxylic acid groups (broad SMARTS) is 1. The van der Waals surface area contributed by atoms with Gasteiger partial charge in [0.1, 0.15) is 17.6 Å². The van der Waals surface area contributed by atoms with E-state index < -0.39 is 40.2 Å². The van der Waals surface area contributed by atoms with Crippen molar-refractivity contribution in [3.8, 4) is 17.2 Å². The van der Waals surface area contributed by atoms with Crippen LogP contribution in [-0.4, -0.2) is 17.0 Å². The van der Waals surface area contributed by atoms with Crippen molar-refractivity contribution in [1.29, 1.82) is 0 Å². The van der Waals surface area contributed by atoms with Crippen LogP contribution in [-0.2, 0) is 11.0 Å². The quantitative estimate of drug-likeness (QED) is 0.538. The summed E-state index contributed by atoms with van der Waals surface area (Å²) in [5.74, 6) is -2.22. The predicted molar refractivity (Wildman–Crippen MR) is 84.7 cm³/mol. The van der Waals surface area contributed by atoms with Crippen LogP contribution in [0.1, 0.15) is 12.5 Å². The Kier molecular flexibility index (Phi) is 5.79. The topological polar surface area (TPSA) is 102 Å². The van der Waals surface area contributed by atoms with E-state index in [1.807, 2.05) is 0 Å². The van der Waals surface area contributed by atoms with Gasteiger partial charge in [0, 0.05) is 12.1 Å². The van der Waals surface area contributed by atoms with Crippen LogP contribution in [0.2, 0.25) is 5.02 Å². The van der Waals surface area contributed by atoms with Gasteiger partial charge < -0.3 is 19.4 Å². The number of nitro benzene ring substituents is 1. The van der Waals surface area contributed by atoms with Crippen LogP contribution in [0.5, 0.6) is 17.2 Å². The minimum atomic E-state index is -4.59. The summed E-state index contributed by atoms with van der Waals surface area (Å²) < 4.78 is 48.3. The SMILES string of the molecule is C[C@H](Oc1cc(Oc2ccc(C(F)(F)F)cc2Cl)ccc1[N+](=O)[O-])C(=O)[O-]. The van der Waals surface area contributed by atoms with Gasteiger partial charge in [-0.15, -0.1) is 0 Å². The van der Waals surface area contributed by atoms with Gasteiger partial charge in [0.25, 0.3) is 0 Å². The minimum absolute atomic E-state index is 0.0668. The average Bonchev–Trinajstić information content (AvgIpc) is 2.55. The van der Waals surface area contributed by atoms with Gasteiger partial charge >= 0.3 is 11.9 Å². The second-order valence-corrected chi connectivity index (χ2v) is 5.62. The number of carboxylic acids is 1. The second-order valence-electron chi connectivity index (χ2n) is 5.21. The van der Waals surface area contributed by atoms with Crippen molar-refractivity contribution < 1.29 is 37.5 Å². The summed E-state index contributed by atoms with van der Waals surface area (Å²) >= 11 is 5.78. The van der Waals surface area contributed by atoms with E-state index in [0.717, 1.165) is 37.3 Å². The lowest BCUT2D eigenvalue weighted by Gasteiger charge is -2.16. The molecule has 0 N–H and O–H groups in total. The molecular weight excluding hydrogens is 395 g/mol. The Hall–Kier alpha value is -3.01. The number of nitrogens with zero attached hydrogens (tertiary/aromatic N) is 1. The molecule has 0 radical (unpaired) electrons. The maximum absolute atomic E-state index is 12.7. The molecule has 0 amide bonds. The maximum Gasteiger partial charge on any atom is 0.416 e. The molecule has 2 rings (SSSR count). The van der Waals surface area contributed by atoms with Crippen LogP contribution in [0.3, 0.4) is 0 Å². The zero-order chi connectivity index (χ0) is 20.4. The van der Waals surface area contributed by atoms with Gasteiger partial charge in [-0.05, 0) is 31.2 Å². The van der Waals surface area contributed by atoms with E-state index in [9.17, 15) is 33.2 Å². The molecule has 0 aromatic heterocycles. The first-order valence-electron chi connectivity index (χ1n) is 7.19. The van der Waals surface area contributed by atoms with E-state index in [-0.39, 0.29) is 16.5 Å². The monoisotopic (exact) mass is 404 g/mol. The van der Waals surface area contributed by atoms with Crippen LogP contribution in [0.25, 0.3) is 0 Å². The first-order chi connectivity index (χ1) is 12.5. The highest BCUT2D eigenvalue weighted by Crippen LogP contribution is 2.38. The van der Waals surface area contributed by atoms with E-state index in [1.165, 1.54) is 0 Å². The molecule has 7 nitrogen and oxygen atoms in total. The number of alkyl halides is 3. The molecule has 0 aliphatic carbocycles. The number of rotatable bonds is 6. The van der Waals surface area contributed by atoms with Gasteiger partial charge in [-0.25, -0.2) is 0 Å². The molecule has 0 saturated carbocycles. The van der Waals surface area contributed by atoms with Crippen molar-refractivity contribution in [2.24, 2.45) is 0 Å². The largest absolute Gasteiger partial charge is 0.546 e. The molecule has 0 aliphatic rings. The summed E-state index contributed by atoms with van der Waals surface area (Å²) in [5.41, 5.74) is -1.51. The molecule has 2 aromatic rings. The number of carbonyl (C=O) groups excluding carboxylic acids is 1. The molecule has 0 heterocycles. The van der Waals surface area contributed by atoms with Crippen molar-refractivity contribution in [3.05, 3.63) is 57.1 Å². The lowest BCUT2D eigenvalue weighted by molar-refractivity contribution is -0.386. The fraction of sp³-hybridized carbons (Fsp3) is 0.188. The van der Waals surface area contributed by atoms with Crippen molar-refractivity contribution in [3.63, 3.8) is 0 Å². The lowest BCUT2D eigenvalue weighted by atomic mass is 10.2. The summed E-state index contributed by atoms with van der Waals surface area (Å²) in [6.45, 7) is 1.11.